The zero-order valence-corrected chi connectivity index (χ0v) is 12.0. The van der Waals surface area contributed by atoms with Crippen LogP contribution in [0.15, 0.2) is 18.2 Å². The normalized spacial score (nSPS) is 12.4. The van der Waals surface area contributed by atoms with Crippen molar-refractivity contribution in [2.45, 2.75) is 32.2 Å². The van der Waals surface area contributed by atoms with Crippen molar-refractivity contribution < 1.29 is 13.9 Å². The van der Waals surface area contributed by atoms with E-state index >= 15 is 0 Å². The maximum Gasteiger partial charge on any atom is 0.169 e. The summed E-state index contributed by atoms with van der Waals surface area (Å²) in [5, 5.41) is 3.39. The Kier molecular flexibility index (Phi) is 7.45. The molecule has 1 rings (SSSR count). The molecule has 108 valence electrons. The van der Waals surface area contributed by atoms with Crippen molar-refractivity contribution in [3.05, 3.63) is 29.6 Å². The SMILES string of the molecule is CCCNC(CCCOC)c1cccc(OC)c1F. The summed E-state index contributed by atoms with van der Waals surface area (Å²) in [6, 6.07) is 5.29. The minimum absolute atomic E-state index is 0.00481. The van der Waals surface area contributed by atoms with Crippen molar-refractivity contribution in [1.82, 2.24) is 5.32 Å². The highest BCUT2D eigenvalue weighted by molar-refractivity contribution is 5.33. The second-order valence-corrected chi connectivity index (χ2v) is 4.51. The van der Waals surface area contributed by atoms with E-state index < -0.39 is 0 Å². The molecule has 1 aromatic carbocycles. The van der Waals surface area contributed by atoms with Gasteiger partial charge in [0.15, 0.2) is 11.6 Å². The van der Waals surface area contributed by atoms with Gasteiger partial charge in [0.1, 0.15) is 0 Å². The molecule has 0 aliphatic rings. The van der Waals surface area contributed by atoms with Gasteiger partial charge in [-0.25, -0.2) is 4.39 Å². The van der Waals surface area contributed by atoms with Gasteiger partial charge in [-0.05, 0) is 31.9 Å². The van der Waals surface area contributed by atoms with Crippen LogP contribution < -0.4 is 10.1 Å². The molecule has 0 aromatic heterocycles. The van der Waals surface area contributed by atoms with Gasteiger partial charge in [-0.15, -0.1) is 0 Å². The fourth-order valence-electron chi connectivity index (χ4n) is 2.07. The van der Waals surface area contributed by atoms with Crippen LogP contribution in [0.5, 0.6) is 5.75 Å². The summed E-state index contributed by atoms with van der Waals surface area (Å²) in [4.78, 5) is 0. The van der Waals surface area contributed by atoms with Crippen molar-refractivity contribution >= 4 is 0 Å². The third-order valence-electron chi connectivity index (χ3n) is 3.07. The summed E-state index contributed by atoms with van der Waals surface area (Å²) < 4.78 is 24.4. The molecule has 0 saturated heterocycles. The molecule has 0 bridgehead atoms. The Morgan fingerprint density at radius 1 is 1.32 bits per heavy atom. The average Bonchev–Trinajstić information content (AvgIpc) is 2.43. The van der Waals surface area contributed by atoms with Gasteiger partial charge < -0.3 is 14.8 Å². The van der Waals surface area contributed by atoms with Gasteiger partial charge in [-0.2, -0.15) is 0 Å². The number of halogens is 1. The fourth-order valence-corrected chi connectivity index (χ4v) is 2.07. The molecule has 1 aromatic rings. The summed E-state index contributed by atoms with van der Waals surface area (Å²) in [5.41, 5.74) is 0.670. The lowest BCUT2D eigenvalue weighted by Gasteiger charge is -2.20. The van der Waals surface area contributed by atoms with Gasteiger partial charge in [0.2, 0.25) is 0 Å². The summed E-state index contributed by atoms with van der Waals surface area (Å²) >= 11 is 0. The maximum absolute atomic E-state index is 14.3. The topological polar surface area (TPSA) is 30.5 Å². The molecule has 0 fully saturated rings. The minimum Gasteiger partial charge on any atom is -0.494 e. The van der Waals surface area contributed by atoms with Crippen molar-refractivity contribution in [1.29, 1.82) is 0 Å². The monoisotopic (exact) mass is 269 g/mol. The molecule has 0 spiro atoms. The lowest BCUT2D eigenvalue weighted by molar-refractivity contribution is 0.188. The average molecular weight is 269 g/mol. The molecule has 0 radical (unpaired) electrons. The van der Waals surface area contributed by atoms with Crippen LogP contribution in [0.25, 0.3) is 0 Å². The van der Waals surface area contributed by atoms with Gasteiger partial charge in [-0.1, -0.05) is 19.1 Å². The number of rotatable bonds is 9. The number of ether oxygens (including phenoxy) is 2. The maximum atomic E-state index is 14.3. The van der Waals surface area contributed by atoms with Crippen LogP contribution in [0.3, 0.4) is 0 Å². The first-order valence-corrected chi connectivity index (χ1v) is 6.79. The second-order valence-electron chi connectivity index (χ2n) is 4.51. The fraction of sp³-hybridized carbons (Fsp3) is 0.600. The van der Waals surface area contributed by atoms with E-state index in [0.29, 0.717) is 17.9 Å². The standard InChI is InChI=1S/C15H24FNO2/c1-4-10-17-13(8-6-11-18-2)12-7-5-9-14(19-3)15(12)16/h5,7,9,13,17H,4,6,8,10-11H2,1-3H3. The minimum atomic E-state index is -0.268. The molecule has 0 aliphatic carbocycles. The van der Waals surface area contributed by atoms with Crippen LogP contribution in [0, 0.1) is 5.82 Å². The predicted molar refractivity (Wildman–Crippen MR) is 75.1 cm³/mol. The third kappa shape index (κ3) is 4.80. The van der Waals surface area contributed by atoms with E-state index in [0.717, 1.165) is 25.8 Å². The highest BCUT2D eigenvalue weighted by Gasteiger charge is 2.17. The van der Waals surface area contributed by atoms with Crippen LogP contribution in [-0.2, 0) is 4.74 Å². The molecule has 1 N–H and O–H groups in total. The van der Waals surface area contributed by atoms with E-state index in [1.54, 1.807) is 13.2 Å². The van der Waals surface area contributed by atoms with E-state index in [-0.39, 0.29) is 11.9 Å². The van der Waals surface area contributed by atoms with Gasteiger partial charge in [0.05, 0.1) is 7.11 Å². The van der Waals surface area contributed by atoms with E-state index in [2.05, 4.69) is 12.2 Å². The van der Waals surface area contributed by atoms with E-state index in [4.69, 9.17) is 9.47 Å². The lowest BCUT2D eigenvalue weighted by atomic mass is 10.0. The van der Waals surface area contributed by atoms with Gasteiger partial charge in [-0.3, -0.25) is 0 Å². The van der Waals surface area contributed by atoms with Crippen molar-refractivity contribution in [2.24, 2.45) is 0 Å². The van der Waals surface area contributed by atoms with Crippen LogP contribution in [0.1, 0.15) is 37.8 Å². The Hall–Kier alpha value is -1.13. The zero-order chi connectivity index (χ0) is 14.1. The molecule has 4 heteroatoms. The Bertz CT molecular complexity index is 371. The van der Waals surface area contributed by atoms with Gasteiger partial charge >= 0.3 is 0 Å². The smallest absolute Gasteiger partial charge is 0.169 e. The Labute approximate surface area is 115 Å². The third-order valence-corrected chi connectivity index (χ3v) is 3.07. The summed E-state index contributed by atoms with van der Waals surface area (Å²) in [6.45, 7) is 3.66. The highest BCUT2D eigenvalue weighted by Crippen LogP contribution is 2.27. The number of hydrogen-bond acceptors (Lipinski definition) is 3. The molecule has 1 unspecified atom stereocenters. The Morgan fingerprint density at radius 2 is 2.11 bits per heavy atom. The molecule has 19 heavy (non-hydrogen) atoms. The van der Waals surface area contributed by atoms with Crippen LogP contribution in [-0.4, -0.2) is 27.4 Å². The molecule has 0 amide bonds. The molecule has 0 saturated carbocycles. The number of hydrogen-bond donors (Lipinski definition) is 1. The van der Waals surface area contributed by atoms with Crippen molar-refractivity contribution in [3.63, 3.8) is 0 Å². The lowest BCUT2D eigenvalue weighted by Crippen LogP contribution is -2.23. The van der Waals surface area contributed by atoms with E-state index in [1.165, 1.54) is 7.11 Å². The van der Waals surface area contributed by atoms with Gasteiger partial charge in [0, 0.05) is 25.3 Å². The quantitative estimate of drug-likeness (QED) is 0.698. The first kappa shape index (κ1) is 15.9. The number of methoxy groups -OCH3 is 2. The second kappa shape index (κ2) is 8.88. The highest BCUT2D eigenvalue weighted by atomic mass is 19.1. The largest absolute Gasteiger partial charge is 0.494 e. The molecular weight excluding hydrogens is 245 g/mol. The predicted octanol–water partition coefficient (Wildman–Crippen LogP) is 3.30. The van der Waals surface area contributed by atoms with Crippen LogP contribution in [0.2, 0.25) is 0 Å². The Balaban J connectivity index is 2.82. The molecular formula is C15H24FNO2. The van der Waals surface area contributed by atoms with Crippen LogP contribution >= 0.6 is 0 Å². The molecule has 3 nitrogen and oxygen atoms in total. The van der Waals surface area contributed by atoms with E-state index in [1.807, 2.05) is 12.1 Å². The Morgan fingerprint density at radius 3 is 2.74 bits per heavy atom. The summed E-state index contributed by atoms with van der Waals surface area (Å²) in [6.07, 6.45) is 2.76. The molecule has 0 aliphatic heterocycles. The first-order valence-electron chi connectivity index (χ1n) is 6.79. The number of benzene rings is 1. The summed E-state index contributed by atoms with van der Waals surface area (Å²) in [7, 11) is 3.17. The van der Waals surface area contributed by atoms with Crippen LogP contribution in [0.4, 0.5) is 4.39 Å². The first-order chi connectivity index (χ1) is 9.24. The zero-order valence-electron chi connectivity index (χ0n) is 12.0. The van der Waals surface area contributed by atoms with Gasteiger partial charge in [0.25, 0.3) is 0 Å². The molecule has 1 atom stereocenters. The van der Waals surface area contributed by atoms with Crippen molar-refractivity contribution in [3.8, 4) is 5.75 Å². The molecule has 0 heterocycles. The summed E-state index contributed by atoms with van der Waals surface area (Å²) in [5.74, 6) is 0.0311. The number of nitrogens with one attached hydrogen (secondary N) is 1. The van der Waals surface area contributed by atoms with Crippen molar-refractivity contribution in [2.75, 3.05) is 27.4 Å². The van der Waals surface area contributed by atoms with E-state index in [9.17, 15) is 4.39 Å².